The summed E-state index contributed by atoms with van der Waals surface area (Å²) >= 11 is 1.25. The fourth-order valence-electron chi connectivity index (χ4n) is 2.57. The summed E-state index contributed by atoms with van der Waals surface area (Å²) < 4.78 is 10.5. The van der Waals surface area contributed by atoms with Crippen molar-refractivity contribution in [2.45, 2.75) is 19.4 Å². The molecule has 0 unspecified atom stereocenters. The van der Waals surface area contributed by atoms with Gasteiger partial charge in [-0.2, -0.15) is 0 Å². The summed E-state index contributed by atoms with van der Waals surface area (Å²) in [5.41, 5.74) is 0.992. The minimum absolute atomic E-state index is 0.0509. The highest BCUT2D eigenvalue weighted by molar-refractivity contribution is 8.00. The van der Waals surface area contributed by atoms with E-state index in [1.165, 1.54) is 11.8 Å². The lowest BCUT2D eigenvalue weighted by Gasteiger charge is -2.26. The summed E-state index contributed by atoms with van der Waals surface area (Å²) in [5, 5.41) is 9.31. The Morgan fingerprint density at radius 2 is 2.08 bits per heavy atom. The molecule has 0 saturated carbocycles. The second-order valence-corrected chi connectivity index (χ2v) is 6.64. The number of ether oxygens (including phenoxy) is 1. The maximum Gasteiger partial charge on any atom is 0.235 e. The molecule has 0 spiro atoms. The average molecular weight is 361 g/mol. The number of para-hydroxylation sites is 1. The van der Waals surface area contributed by atoms with Crippen LogP contribution in [0.1, 0.15) is 23.8 Å². The van der Waals surface area contributed by atoms with Gasteiger partial charge >= 0.3 is 0 Å². The van der Waals surface area contributed by atoms with E-state index in [1.807, 2.05) is 24.3 Å². The maximum atomic E-state index is 12.1. The number of aromatic nitrogens is 1. The Morgan fingerprint density at radius 3 is 2.88 bits per heavy atom. The van der Waals surface area contributed by atoms with Crippen LogP contribution in [-0.4, -0.2) is 35.1 Å². The average Bonchev–Trinajstić information content (AvgIpc) is 3.00. The van der Waals surface area contributed by atoms with E-state index in [9.17, 15) is 9.59 Å². The predicted octanol–water partition coefficient (Wildman–Crippen LogP) is 2.29. The van der Waals surface area contributed by atoms with Gasteiger partial charge in [-0.05, 0) is 13.0 Å². The van der Waals surface area contributed by atoms with E-state index < -0.39 is 0 Å². The summed E-state index contributed by atoms with van der Waals surface area (Å²) in [7, 11) is 0. The van der Waals surface area contributed by atoms with Gasteiger partial charge in [-0.3, -0.25) is 9.59 Å². The number of fused-ring (bicyclic) bond motifs is 1. The van der Waals surface area contributed by atoms with Crippen molar-refractivity contribution in [1.82, 2.24) is 10.5 Å². The lowest BCUT2D eigenvalue weighted by Crippen LogP contribution is -2.33. The van der Waals surface area contributed by atoms with E-state index in [4.69, 9.17) is 9.26 Å². The van der Waals surface area contributed by atoms with Gasteiger partial charge in [-0.25, -0.2) is 0 Å². The number of nitrogens with zero attached hydrogens (tertiary/aromatic N) is 1. The Balaban J connectivity index is 1.42. The molecule has 1 aromatic heterocycles. The van der Waals surface area contributed by atoms with Gasteiger partial charge in [0.1, 0.15) is 11.5 Å². The summed E-state index contributed by atoms with van der Waals surface area (Å²) in [5.74, 6) is 1.88. The highest BCUT2D eigenvalue weighted by atomic mass is 32.2. The van der Waals surface area contributed by atoms with Crippen molar-refractivity contribution < 1.29 is 18.8 Å². The zero-order valence-corrected chi connectivity index (χ0v) is 14.6. The third-order valence-corrected chi connectivity index (χ3v) is 4.59. The first-order chi connectivity index (χ1) is 12.1. The number of amides is 2. The molecular formula is C17H19N3O4S. The molecule has 0 radical (unpaired) electrons. The van der Waals surface area contributed by atoms with Crippen molar-refractivity contribution in [2.24, 2.45) is 0 Å². The second kappa shape index (κ2) is 8.06. The normalized spacial score (nSPS) is 15.8. The van der Waals surface area contributed by atoms with Gasteiger partial charge in [0.25, 0.3) is 0 Å². The Morgan fingerprint density at radius 1 is 1.28 bits per heavy atom. The Labute approximate surface area is 149 Å². The third kappa shape index (κ3) is 4.76. The molecule has 0 aliphatic carbocycles. The summed E-state index contributed by atoms with van der Waals surface area (Å²) in [6.45, 7) is 2.32. The van der Waals surface area contributed by atoms with Gasteiger partial charge < -0.3 is 19.9 Å². The Bertz CT molecular complexity index is 762. The quantitative estimate of drug-likeness (QED) is 0.820. The molecule has 25 heavy (non-hydrogen) atoms. The van der Waals surface area contributed by atoms with E-state index in [-0.39, 0.29) is 29.4 Å². The van der Waals surface area contributed by atoms with Crippen molar-refractivity contribution in [1.29, 1.82) is 0 Å². The maximum absolute atomic E-state index is 12.1. The van der Waals surface area contributed by atoms with E-state index in [2.05, 4.69) is 15.8 Å². The molecule has 132 valence electrons. The molecule has 2 N–H and O–H groups in total. The number of nitrogens with one attached hydrogen (secondary N) is 2. The monoisotopic (exact) mass is 361 g/mol. The smallest absolute Gasteiger partial charge is 0.235 e. The van der Waals surface area contributed by atoms with Crippen LogP contribution in [0.3, 0.4) is 0 Å². The first-order valence-electron chi connectivity index (χ1n) is 7.94. The van der Waals surface area contributed by atoms with Crippen LogP contribution in [0.4, 0.5) is 5.82 Å². The fourth-order valence-corrected chi connectivity index (χ4v) is 3.20. The first-order valence-corrected chi connectivity index (χ1v) is 9.09. The van der Waals surface area contributed by atoms with Gasteiger partial charge in [0, 0.05) is 18.1 Å². The Hall–Kier alpha value is -2.48. The molecule has 1 aliphatic rings. The number of rotatable bonds is 6. The molecule has 0 saturated heterocycles. The number of aryl methyl sites for hydroxylation is 1. The van der Waals surface area contributed by atoms with Crippen LogP contribution < -0.4 is 15.4 Å². The molecule has 0 fully saturated rings. The van der Waals surface area contributed by atoms with Crippen molar-refractivity contribution in [3.8, 4) is 5.75 Å². The van der Waals surface area contributed by atoms with Crippen LogP contribution in [-0.2, 0) is 9.59 Å². The highest BCUT2D eigenvalue weighted by Crippen LogP contribution is 2.31. The van der Waals surface area contributed by atoms with Crippen LogP contribution in [0, 0.1) is 6.92 Å². The standard InChI is InChI=1S/C17H19N3O4S/c1-11-8-15(20-24-11)19-17(22)10-25-9-16(21)18-13-6-7-23-14-5-3-2-4-12(13)14/h2-5,8,13H,6-7,9-10H2,1H3,(H,18,21)(H,19,20,22)/t13-/m1/s1. The minimum atomic E-state index is -0.220. The topological polar surface area (TPSA) is 93.5 Å². The zero-order valence-electron chi connectivity index (χ0n) is 13.8. The fraction of sp³-hybridized carbons (Fsp3) is 0.353. The Kier molecular flexibility index (Phi) is 5.60. The van der Waals surface area contributed by atoms with Crippen LogP contribution in [0.25, 0.3) is 0 Å². The zero-order chi connectivity index (χ0) is 17.6. The number of benzene rings is 1. The van der Waals surface area contributed by atoms with Crippen LogP contribution in [0.2, 0.25) is 0 Å². The second-order valence-electron chi connectivity index (χ2n) is 5.66. The van der Waals surface area contributed by atoms with Gasteiger partial charge in [0.2, 0.25) is 11.8 Å². The lowest BCUT2D eigenvalue weighted by molar-refractivity contribution is -0.119. The number of carbonyl (C=O) groups is 2. The van der Waals surface area contributed by atoms with Gasteiger partial charge in [-0.1, -0.05) is 23.4 Å². The SMILES string of the molecule is Cc1cc(NC(=O)CSCC(=O)N[C@@H]2CCOc3ccccc32)no1. The summed E-state index contributed by atoms with van der Waals surface area (Å²) in [4.78, 5) is 23.9. The molecule has 1 aromatic carbocycles. The molecule has 1 aliphatic heterocycles. The molecule has 0 bridgehead atoms. The highest BCUT2D eigenvalue weighted by Gasteiger charge is 2.22. The molecular weight excluding hydrogens is 342 g/mol. The van der Waals surface area contributed by atoms with Crippen molar-refractivity contribution in [3.05, 3.63) is 41.7 Å². The van der Waals surface area contributed by atoms with E-state index in [0.717, 1.165) is 17.7 Å². The third-order valence-electron chi connectivity index (χ3n) is 3.66. The molecule has 7 nitrogen and oxygen atoms in total. The molecule has 2 aromatic rings. The molecule has 2 heterocycles. The minimum Gasteiger partial charge on any atom is -0.493 e. The largest absolute Gasteiger partial charge is 0.493 e. The first kappa shape index (κ1) is 17.3. The summed E-state index contributed by atoms with van der Waals surface area (Å²) in [6, 6.07) is 9.28. The van der Waals surface area contributed by atoms with Gasteiger partial charge in [0.15, 0.2) is 5.82 Å². The predicted molar refractivity (Wildman–Crippen MR) is 94.6 cm³/mol. The van der Waals surface area contributed by atoms with E-state index in [1.54, 1.807) is 13.0 Å². The number of anilines is 1. The molecule has 3 rings (SSSR count). The molecule has 1 atom stereocenters. The number of hydrogen-bond donors (Lipinski definition) is 2. The van der Waals surface area contributed by atoms with Gasteiger partial charge in [0.05, 0.1) is 24.2 Å². The summed E-state index contributed by atoms with van der Waals surface area (Å²) in [6.07, 6.45) is 0.736. The van der Waals surface area contributed by atoms with Crippen LogP contribution in [0.5, 0.6) is 5.75 Å². The molecule has 8 heteroatoms. The number of thioether (sulfide) groups is 1. The van der Waals surface area contributed by atoms with E-state index >= 15 is 0 Å². The van der Waals surface area contributed by atoms with E-state index in [0.29, 0.717) is 18.2 Å². The van der Waals surface area contributed by atoms with Crippen molar-refractivity contribution in [3.63, 3.8) is 0 Å². The van der Waals surface area contributed by atoms with Crippen LogP contribution in [0.15, 0.2) is 34.9 Å². The van der Waals surface area contributed by atoms with Gasteiger partial charge in [-0.15, -0.1) is 11.8 Å². The van der Waals surface area contributed by atoms with Crippen molar-refractivity contribution >= 4 is 29.4 Å². The number of carbonyl (C=O) groups excluding carboxylic acids is 2. The van der Waals surface area contributed by atoms with Crippen LogP contribution >= 0.6 is 11.8 Å². The lowest BCUT2D eigenvalue weighted by atomic mass is 10.0. The van der Waals surface area contributed by atoms with Crippen molar-refractivity contribution in [2.75, 3.05) is 23.4 Å². The molecule has 2 amide bonds. The number of hydrogen-bond acceptors (Lipinski definition) is 6.